The molecule has 0 atom stereocenters. The van der Waals surface area contributed by atoms with E-state index in [-0.39, 0.29) is 148 Å². The molecule has 0 saturated heterocycles. The van der Waals surface area contributed by atoms with Crippen molar-refractivity contribution < 1.29 is 72.3 Å². The lowest BCUT2D eigenvalue weighted by atomic mass is 10.0. The molecule has 0 aliphatic rings. The number of fused-ring (bicyclic) bond motifs is 2. The highest BCUT2D eigenvalue weighted by molar-refractivity contribution is 6.12. The number of ether oxygens (including phenoxy) is 5. The first-order valence-electron chi connectivity index (χ1n) is 43.9. The highest BCUT2D eigenvalue weighted by Gasteiger charge is 2.30. The summed E-state index contributed by atoms with van der Waals surface area (Å²) in [6.07, 6.45) is 3.47. The van der Waals surface area contributed by atoms with Crippen LogP contribution in [0.5, 0.6) is 11.5 Å². The van der Waals surface area contributed by atoms with Crippen molar-refractivity contribution in [2.24, 2.45) is 11.8 Å². The Balaban J connectivity index is 0.611. The second kappa shape index (κ2) is 46.0. The minimum absolute atomic E-state index is 0.00624. The number of carboxylic acid groups (broad SMARTS) is 2. The van der Waals surface area contributed by atoms with Gasteiger partial charge in [-0.3, -0.25) is 38.4 Å². The highest BCUT2D eigenvalue weighted by atomic mass is 16.5. The van der Waals surface area contributed by atoms with Crippen molar-refractivity contribution in [3.63, 3.8) is 0 Å². The number of amides is 6. The van der Waals surface area contributed by atoms with Gasteiger partial charge in [0.15, 0.2) is 0 Å². The predicted octanol–water partition coefficient (Wildman–Crippen LogP) is 16.2. The van der Waals surface area contributed by atoms with E-state index in [1.807, 2.05) is 198 Å². The number of aromatic nitrogens is 6. The van der Waals surface area contributed by atoms with Crippen molar-refractivity contribution in [2.45, 2.75) is 80.2 Å². The van der Waals surface area contributed by atoms with Crippen molar-refractivity contribution >= 4 is 103 Å². The summed E-state index contributed by atoms with van der Waals surface area (Å²) in [6.45, 7) is 10.9. The summed E-state index contributed by atoms with van der Waals surface area (Å²) >= 11 is 0. The number of carbonyl (C=O) groups is 8. The first-order valence-corrected chi connectivity index (χ1v) is 43.9. The number of rotatable bonds is 46. The van der Waals surface area contributed by atoms with Crippen molar-refractivity contribution in [3.05, 3.63) is 358 Å². The Morgan fingerprint density at radius 3 is 1.10 bits per heavy atom. The number of carboxylic acids is 2. The van der Waals surface area contributed by atoms with Gasteiger partial charge in [-0.1, -0.05) is 184 Å². The summed E-state index contributed by atoms with van der Waals surface area (Å²) in [5, 5.41) is 51.5. The lowest BCUT2D eigenvalue weighted by Gasteiger charge is -2.28. The lowest BCUT2D eigenvalue weighted by Crippen LogP contribution is -2.35. The average molecular weight is 1790 g/mol. The zero-order chi connectivity index (χ0) is 93.0. The summed E-state index contributed by atoms with van der Waals surface area (Å²) in [6, 6.07) is 85.2. The fourth-order valence-electron chi connectivity index (χ4n) is 15.0. The van der Waals surface area contributed by atoms with E-state index in [1.165, 1.54) is 24.3 Å². The van der Waals surface area contributed by atoms with E-state index in [0.29, 0.717) is 71.4 Å². The van der Waals surface area contributed by atoms with E-state index in [1.54, 1.807) is 126 Å². The third-order valence-corrected chi connectivity index (χ3v) is 21.7. The Morgan fingerprint density at radius 2 is 0.714 bits per heavy atom. The Morgan fingerprint density at radius 1 is 0.368 bits per heavy atom. The summed E-state index contributed by atoms with van der Waals surface area (Å²) in [5.41, 5.74) is 9.93. The molecule has 14 rings (SSSR count). The Hall–Kier alpha value is -15.7. The second-order valence-electron chi connectivity index (χ2n) is 32.5. The normalized spacial score (nSPS) is 11.2. The summed E-state index contributed by atoms with van der Waals surface area (Å²) in [5.74, 6) is -4.56. The van der Waals surface area contributed by atoms with Crippen LogP contribution in [0, 0.1) is 11.8 Å². The molecule has 0 saturated carbocycles. The van der Waals surface area contributed by atoms with E-state index in [9.17, 15) is 29.4 Å². The Bertz CT molecular complexity index is 5940. The number of nitrogens with zero attached hydrogens (tertiary/aromatic N) is 10. The molecule has 29 heteroatoms. The number of nitrogens with one attached hydrogen (secondary N) is 4. The van der Waals surface area contributed by atoms with Crippen LogP contribution < -0.4 is 50.3 Å². The number of anilines is 6. The average Bonchev–Trinajstić information content (AvgIpc) is 0.999. The van der Waals surface area contributed by atoms with Crippen LogP contribution in [0.1, 0.15) is 123 Å². The van der Waals surface area contributed by atoms with Crippen LogP contribution >= 0.6 is 0 Å². The molecular weight excluding hydrogens is 1690 g/mol. The predicted molar refractivity (Wildman–Crippen MR) is 509 cm³/mol. The molecule has 12 aromatic carbocycles. The van der Waals surface area contributed by atoms with Crippen LogP contribution in [0.4, 0.5) is 34.1 Å². The van der Waals surface area contributed by atoms with Crippen molar-refractivity contribution in [1.29, 1.82) is 0 Å². The van der Waals surface area contributed by atoms with E-state index in [2.05, 4.69) is 41.9 Å². The number of carbonyl (C=O) groups excluding carboxylic acids is 6. The quantitative estimate of drug-likeness (QED) is 0.0193. The maximum absolute atomic E-state index is 15.4. The van der Waals surface area contributed by atoms with Crippen molar-refractivity contribution in [2.75, 3.05) is 96.1 Å². The molecular formula is C104H104N14O15. The van der Waals surface area contributed by atoms with E-state index < -0.39 is 36.8 Å². The van der Waals surface area contributed by atoms with Gasteiger partial charge >= 0.3 is 11.9 Å². The van der Waals surface area contributed by atoms with Crippen LogP contribution in [0.25, 0.3) is 21.5 Å². The second-order valence-corrected chi connectivity index (χ2v) is 32.5. The Kier molecular flexibility index (Phi) is 32.3. The fraction of sp³-hybridized carbons (Fsp3) is 0.231. The highest BCUT2D eigenvalue weighted by Crippen LogP contribution is 2.39. The third-order valence-electron chi connectivity index (χ3n) is 21.7. The molecule has 0 radical (unpaired) electrons. The third kappa shape index (κ3) is 25.9. The van der Waals surface area contributed by atoms with Gasteiger partial charge in [0.25, 0.3) is 35.4 Å². The largest absolute Gasteiger partial charge is 0.485 e. The molecule has 29 nitrogen and oxygen atoms in total. The topological polar surface area (TPSA) is 346 Å². The van der Waals surface area contributed by atoms with E-state index >= 15 is 19.2 Å². The maximum Gasteiger partial charge on any atom is 0.322 e. The molecule has 0 unspecified atom stereocenters. The fourth-order valence-corrected chi connectivity index (χ4v) is 15.0. The number of hydrogen-bond acceptors (Lipinski definition) is 19. The van der Waals surface area contributed by atoms with E-state index in [0.717, 1.165) is 55.2 Å². The van der Waals surface area contributed by atoms with Gasteiger partial charge in [0, 0.05) is 82.3 Å². The standard InChI is InChI=1S/C104H104N14O15/c1-71(2)63-115(89-43-33-77(34-44-89)99(123)107-61-97(119)120)103(127)81-37-47-93(117(65-83-25-15-23-75-21-11-13-27-91(75)83)101(125)79-29-39-85(40-30-79)105-59-73-17-7-5-8-18-73)95(57-81)132-69-87-67-113(111-109-87)49-51-129-53-55-131-56-54-130-52-50-114-68-88(110-112-114)70-133-96-58-82(104(128)116(64-72(3)4)90-45-35-78(36-46-90)100(124)108-62-98(121)122)38-48-94(96)118(66-84-26-16-24-76-22-12-14-28-92(76)84)102(126)80-31-41-86(42-32-80)106-60-74-19-9-6-10-20-74/h5-48,57-58,67-68,71-72,105-106H,49-56,59-66,69-70H2,1-4H3,(H,107,123)(H,108,124)(H,119,120)(H,121,122). The van der Waals surface area contributed by atoms with Gasteiger partial charge in [-0.05, 0) is 189 Å². The molecule has 0 spiro atoms. The molecule has 14 aromatic rings. The first kappa shape index (κ1) is 93.4. The van der Waals surface area contributed by atoms with Crippen LogP contribution in [-0.4, -0.2) is 153 Å². The Labute approximate surface area is 769 Å². The number of hydrogen-bond donors (Lipinski definition) is 6. The summed E-state index contributed by atoms with van der Waals surface area (Å²) in [4.78, 5) is 116. The molecule has 133 heavy (non-hydrogen) atoms. The van der Waals surface area contributed by atoms with Gasteiger partial charge < -0.3 is 74.8 Å². The maximum atomic E-state index is 15.4. The van der Waals surface area contributed by atoms with Gasteiger partial charge in [0.2, 0.25) is 0 Å². The molecule has 2 aromatic heterocycles. The van der Waals surface area contributed by atoms with Gasteiger partial charge in [0.05, 0.1) is 89.6 Å². The molecule has 6 N–H and O–H groups in total. The lowest BCUT2D eigenvalue weighted by molar-refractivity contribution is -0.136. The monoisotopic (exact) mass is 1790 g/mol. The summed E-state index contributed by atoms with van der Waals surface area (Å²) < 4.78 is 34.5. The smallest absolute Gasteiger partial charge is 0.322 e. The van der Waals surface area contributed by atoms with Crippen molar-refractivity contribution in [1.82, 2.24) is 40.6 Å². The minimum atomic E-state index is -1.19. The molecule has 2 heterocycles. The van der Waals surface area contributed by atoms with Crippen molar-refractivity contribution in [3.8, 4) is 11.5 Å². The zero-order valence-corrected chi connectivity index (χ0v) is 74.3. The number of aliphatic carboxylic acids is 2. The van der Waals surface area contributed by atoms with Crippen LogP contribution in [0.15, 0.2) is 291 Å². The van der Waals surface area contributed by atoms with Crippen LogP contribution in [0.3, 0.4) is 0 Å². The van der Waals surface area contributed by atoms with Crippen LogP contribution in [0.2, 0.25) is 0 Å². The van der Waals surface area contributed by atoms with Gasteiger partial charge in [-0.2, -0.15) is 0 Å². The molecule has 0 bridgehead atoms. The van der Waals surface area contributed by atoms with Gasteiger partial charge in [0.1, 0.15) is 49.2 Å². The SMILES string of the molecule is CC(C)CN(C(=O)c1ccc(N(Cc2cccc3ccccc23)C(=O)c2ccc(NCc3ccccc3)cc2)c(OCc2cn(CCOCCOCCOCCn3cc(COc4cc(C(=O)N(CC(C)C)c5ccc(C(=O)NCC(=O)O)cc5)ccc4N(Cc4cccc5ccccc45)C(=O)c4ccc(NCc5ccccc5)cc4)nn3)nn2)c1)c1ccc(C(=O)NCC(=O)O)cc1. The van der Waals surface area contributed by atoms with Crippen LogP contribution in [-0.2, 0) is 76.3 Å². The molecule has 0 aliphatic heterocycles. The molecule has 680 valence electrons. The summed E-state index contributed by atoms with van der Waals surface area (Å²) in [7, 11) is 0. The van der Waals surface area contributed by atoms with Gasteiger partial charge in [-0.25, -0.2) is 9.36 Å². The van der Waals surface area contributed by atoms with E-state index in [4.69, 9.17) is 23.7 Å². The molecule has 0 fully saturated rings. The minimum Gasteiger partial charge on any atom is -0.485 e. The molecule has 6 amide bonds. The molecule has 0 aliphatic carbocycles. The van der Waals surface area contributed by atoms with Gasteiger partial charge in [-0.15, -0.1) is 10.2 Å². The number of benzene rings is 12. The zero-order valence-electron chi connectivity index (χ0n) is 74.3. The first-order chi connectivity index (χ1) is 64.7.